The quantitative estimate of drug-likeness (QED) is 0.720. The van der Waals surface area contributed by atoms with E-state index in [1.807, 2.05) is 20.8 Å². The Balaban J connectivity index is 2.57. The molecule has 2 fully saturated rings. The molecule has 0 amide bonds. The molecule has 2 bridgehead atoms. The van der Waals surface area contributed by atoms with Crippen molar-refractivity contribution in [2.24, 2.45) is 21.9 Å². The zero-order chi connectivity index (χ0) is 11.6. The maximum Gasteiger partial charge on any atom is 0.219 e. The summed E-state index contributed by atoms with van der Waals surface area (Å²) in [6.45, 7) is 5.84. The molecule has 0 radical (unpaired) electrons. The van der Waals surface area contributed by atoms with Crippen molar-refractivity contribution >= 4 is 15.8 Å². The molecule has 0 aliphatic heterocycles. The van der Waals surface area contributed by atoms with Crippen LogP contribution in [-0.4, -0.2) is 19.5 Å². The maximum atomic E-state index is 12.1. The van der Waals surface area contributed by atoms with Gasteiger partial charge in [0.25, 0.3) is 0 Å². The van der Waals surface area contributed by atoms with Crippen LogP contribution in [0.2, 0.25) is 0 Å². The van der Waals surface area contributed by atoms with Gasteiger partial charge in [-0.05, 0) is 24.2 Å². The van der Waals surface area contributed by atoms with Crippen molar-refractivity contribution in [1.29, 1.82) is 0 Å². The molecule has 2 N–H and O–H groups in total. The number of hydrogen-bond donors (Lipinski definition) is 1. The molecule has 4 nitrogen and oxygen atoms in total. The molecule has 2 aliphatic rings. The van der Waals surface area contributed by atoms with E-state index in [0.29, 0.717) is 0 Å². The first-order chi connectivity index (χ1) is 6.62. The van der Waals surface area contributed by atoms with Crippen molar-refractivity contribution in [3.63, 3.8) is 0 Å². The summed E-state index contributed by atoms with van der Waals surface area (Å²) < 4.78 is 22.8. The van der Waals surface area contributed by atoms with Crippen molar-refractivity contribution in [1.82, 2.24) is 0 Å². The minimum Gasteiger partial charge on any atom is -0.298 e. The normalized spacial score (nSPS) is 43.6. The van der Waals surface area contributed by atoms with E-state index in [-0.39, 0.29) is 17.1 Å². The highest BCUT2D eigenvalue weighted by Crippen LogP contribution is 2.64. The molecule has 0 aromatic heterocycles. The predicted molar refractivity (Wildman–Crippen MR) is 56.5 cm³/mol. The lowest BCUT2D eigenvalue weighted by Gasteiger charge is -2.32. The zero-order valence-corrected chi connectivity index (χ0v) is 10.1. The smallest absolute Gasteiger partial charge is 0.219 e. The highest BCUT2D eigenvalue weighted by atomic mass is 32.2. The van der Waals surface area contributed by atoms with Gasteiger partial charge in [0.15, 0.2) is 5.78 Å². The summed E-state index contributed by atoms with van der Waals surface area (Å²) in [7, 11) is -3.74. The van der Waals surface area contributed by atoms with Crippen LogP contribution in [-0.2, 0) is 14.8 Å². The average molecular weight is 231 g/mol. The van der Waals surface area contributed by atoms with E-state index < -0.39 is 20.7 Å². The van der Waals surface area contributed by atoms with Gasteiger partial charge < -0.3 is 0 Å². The van der Waals surface area contributed by atoms with Gasteiger partial charge in [0.05, 0.1) is 0 Å². The molecule has 2 aliphatic carbocycles. The van der Waals surface area contributed by atoms with Crippen molar-refractivity contribution in [2.45, 2.75) is 38.9 Å². The summed E-state index contributed by atoms with van der Waals surface area (Å²) in [4.78, 5) is 12.1. The van der Waals surface area contributed by atoms with Crippen LogP contribution in [0.5, 0.6) is 0 Å². The average Bonchev–Trinajstić information content (AvgIpc) is 2.33. The number of rotatable bonds is 1. The number of fused-ring (bicyclic) bond motifs is 2. The van der Waals surface area contributed by atoms with Crippen molar-refractivity contribution in [3.05, 3.63) is 0 Å². The SMILES string of the molecule is CC12CCC(C(S(N)(=O)=O)C1=O)C2(C)C. The summed E-state index contributed by atoms with van der Waals surface area (Å²) >= 11 is 0. The highest BCUT2D eigenvalue weighted by Gasteiger charge is 2.68. The first-order valence-corrected chi connectivity index (χ1v) is 6.79. The Morgan fingerprint density at radius 2 is 1.87 bits per heavy atom. The summed E-state index contributed by atoms with van der Waals surface area (Å²) in [5.74, 6) is -0.281. The minimum atomic E-state index is -3.74. The summed E-state index contributed by atoms with van der Waals surface area (Å²) in [5.41, 5.74) is -0.754. The Bertz CT molecular complexity index is 426. The van der Waals surface area contributed by atoms with Crippen LogP contribution >= 0.6 is 0 Å². The summed E-state index contributed by atoms with van der Waals surface area (Å²) in [6, 6.07) is 0. The second kappa shape index (κ2) is 2.63. The molecular formula is C10H17NO3S. The van der Waals surface area contributed by atoms with E-state index in [1.54, 1.807) is 0 Å². The van der Waals surface area contributed by atoms with Gasteiger partial charge in [-0.1, -0.05) is 20.8 Å². The Kier molecular flexibility index (Phi) is 1.94. The summed E-state index contributed by atoms with van der Waals surface area (Å²) in [5, 5.41) is 4.18. The monoisotopic (exact) mass is 231 g/mol. The van der Waals surface area contributed by atoms with Crippen LogP contribution in [0.3, 0.4) is 0 Å². The molecule has 15 heavy (non-hydrogen) atoms. The molecule has 2 saturated carbocycles. The van der Waals surface area contributed by atoms with Gasteiger partial charge >= 0.3 is 0 Å². The first-order valence-electron chi connectivity index (χ1n) is 5.18. The van der Waals surface area contributed by atoms with Crippen LogP contribution in [0.25, 0.3) is 0 Å². The van der Waals surface area contributed by atoms with Crippen LogP contribution in [0.4, 0.5) is 0 Å². The first kappa shape index (κ1) is 11.1. The van der Waals surface area contributed by atoms with E-state index in [1.165, 1.54) is 0 Å². The number of carbonyl (C=O) groups excluding carboxylic acids is 1. The van der Waals surface area contributed by atoms with Crippen LogP contribution < -0.4 is 5.14 Å². The molecular weight excluding hydrogens is 214 g/mol. The van der Waals surface area contributed by atoms with Crippen LogP contribution in [0.1, 0.15) is 33.6 Å². The third-order valence-corrected chi connectivity index (χ3v) is 6.08. The number of hydrogen-bond acceptors (Lipinski definition) is 3. The lowest BCUT2D eigenvalue weighted by atomic mass is 9.70. The maximum absolute atomic E-state index is 12.1. The molecule has 0 saturated heterocycles. The van der Waals surface area contributed by atoms with E-state index in [4.69, 9.17) is 5.14 Å². The fourth-order valence-corrected chi connectivity index (χ4v) is 4.87. The van der Waals surface area contributed by atoms with Gasteiger partial charge in [-0.25, -0.2) is 13.6 Å². The molecule has 0 spiro atoms. The summed E-state index contributed by atoms with van der Waals surface area (Å²) in [6.07, 6.45) is 1.58. The Labute approximate surface area is 90.3 Å². The molecule has 2 rings (SSSR count). The highest BCUT2D eigenvalue weighted by molar-refractivity contribution is 7.90. The Morgan fingerprint density at radius 1 is 1.33 bits per heavy atom. The topological polar surface area (TPSA) is 77.2 Å². The minimum absolute atomic E-state index is 0.106. The van der Waals surface area contributed by atoms with Gasteiger partial charge in [0.1, 0.15) is 5.25 Å². The predicted octanol–water partition coefficient (Wildman–Crippen LogP) is 0.669. The molecule has 5 heteroatoms. The van der Waals surface area contributed by atoms with E-state index >= 15 is 0 Å². The zero-order valence-electron chi connectivity index (χ0n) is 9.28. The van der Waals surface area contributed by atoms with Gasteiger partial charge in [-0.3, -0.25) is 4.79 Å². The lowest BCUT2D eigenvalue weighted by Crippen LogP contribution is -2.42. The van der Waals surface area contributed by atoms with Crippen molar-refractivity contribution in [2.75, 3.05) is 0 Å². The fraction of sp³-hybridized carbons (Fsp3) is 0.900. The molecule has 0 aromatic rings. The van der Waals surface area contributed by atoms with E-state index in [2.05, 4.69) is 0 Å². The van der Waals surface area contributed by atoms with Gasteiger partial charge in [-0.2, -0.15) is 0 Å². The van der Waals surface area contributed by atoms with Gasteiger partial charge in [-0.15, -0.1) is 0 Å². The van der Waals surface area contributed by atoms with E-state index in [9.17, 15) is 13.2 Å². The largest absolute Gasteiger partial charge is 0.298 e. The van der Waals surface area contributed by atoms with Gasteiger partial charge in [0, 0.05) is 5.41 Å². The fourth-order valence-electron chi connectivity index (χ4n) is 3.38. The second-order valence-electron chi connectivity index (χ2n) is 5.57. The van der Waals surface area contributed by atoms with Crippen molar-refractivity contribution in [3.8, 4) is 0 Å². The third-order valence-electron chi connectivity index (χ3n) is 4.83. The van der Waals surface area contributed by atoms with E-state index in [0.717, 1.165) is 12.8 Å². The molecule has 86 valence electrons. The number of nitrogens with two attached hydrogens (primary N) is 1. The Morgan fingerprint density at radius 3 is 2.13 bits per heavy atom. The number of primary sulfonamides is 1. The Hall–Kier alpha value is -0.420. The number of Topliss-reactive ketones (excluding diaryl/α,β-unsaturated/α-hetero) is 1. The van der Waals surface area contributed by atoms with Crippen LogP contribution in [0.15, 0.2) is 0 Å². The van der Waals surface area contributed by atoms with Crippen molar-refractivity contribution < 1.29 is 13.2 Å². The molecule has 3 unspecified atom stereocenters. The van der Waals surface area contributed by atoms with Gasteiger partial charge in [0.2, 0.25) is 10.0 Å². The number of sulfonamides is 1. The second-order valence-corrected chi connectivity index (χ2v) is 7.26. The molecule has 0 aromatic carbocycles. The molecule has 3 atom stereocenters. The number of carbonyl (C=O) groups is 1. The number of ketones is 1. The molecule has 0 heterocycles. The third kappa shape index (κ3) is 1.11. The van der Waals surface area contributed by atoms with Crippen LogP contribution in [0, 0.1) is 16.7 Å². The standard InChI is InChI=1S/C10H17NO3S/c1-9(2)6-4-5-10(9,3)8(12)7(6)15(11,13)14/h6-7H,4-5H2,1-3H3,(H2,11,13,14). The lowest BCUT2D eigenvalue weighted by molar-refractivity contribution is -0.127.